The highest BCUT2D eigenvalue weighted by atomic mass is 32.1. The second kappa shape index (κ2) is 6.31. The van der Waals surface area contributed by atoms with Crippen molar-refractivity contribution in [3.63, 3.8) is 0 Å². The summed E-state index contributed by atoms with van der Waals surface area (Å²) < 4.78 is 5.26. The van der Waals surface area contributed by atoms with Crippen LogP contribution < -0.4 is 15.8 Å². The number of hydrogen-bond acceptors (Lipinski definition) is 5. The number of methoxy groups -OCH3 is 1. The largest absolute Gasteiger partial charge is 0.492 e. The number of rotatable bonds is 5. The predicted molar refractivity (Wildman–Crippen MR) is 83.1 cm³/mol. The van der Waals surface area contributed by atoms with E-state index in [-0.39, 0.29) is 0 Å². The van der Waals surface area contributed by atoms with E-state index in [0.29, 0.717) is 22.9 Å². The molecular formula is C15H17N3OS. The zero-order valence-electron chi connectivity index (χ0n) is 11.6. The fourth-order valence-corrected chi connectivity index (χ4v) is 2.79. The Hall–Kier alpha value is -2.19. The van der Waals surface area contributed by atoms with Crippen LogP contribution in [0.5, 0.6) is 5.75 Å². The summed E-state index contributed by atoms with van der Waals surface area (Å²) in [5.41, 5.74) is 8.75. The topological polar surface area (TPSA) is 71.1 Å². The van der Waals surface area contributed by atoms with Crippen LogP contribution >= 0.6 is 11.3 Å². The molecule has 4 nitrogen and oxygen atoms in total. The molecule has 0 aliphatic rings. The fourth-order valence-electron chi connectivity index (χ4n) is 1.91. The van der Waals surface area contributed by atoms with Gasteiger partial charge in [-0.3, -0.25) is 0 Å². The predicted octanol–water partition coefficient (Wildman–Crippen LogP) is 3.39. The second-order valence-electron chi connectivity index (χ2n) is 4.34. The molecule has 3 N–H and O–H groups in total. The minimum Gasteiger partial charge on any atom is -0.492 e. The van der Waals surface area contributed by atoms with E-state index in [1.165, 1.54) is 22.5 Å². The summed E-state index contributed by atoms with van der Waals surface area (Å²) in [6.45, 7) is 2.81. The van der Waals surface area contributed by atoms with Gasteiger partial charge in [0, 0.05) is 6.54 Å². The molecule has 0 unspecified atom stereocenters. The van der Waals surface area contributed by atoms with Gasteiger partial charge in [0.15, 0.2) is 5.75 Å². The van der Waals surface area contributed by atoms with Crippen molar-refractivity contribution in [2.75, 3.05) is 18.2 Å². The zero-order chi connectivity index (χ0) is 14.5. The molecule has 20 heavy (non-hydrogen) atoms. The fraction of sp³-hybridized carbons (Fsp3) is 0.267. The lowest BCUT2D eigenvalue weighted by molar-refractivity contribution is 0.420. The minimum atomic E-state index is 0.406. The maximum atomic E-state index is 8.99. The molecule has 0 saturated carbocycles. The number of nitriles is 1. The van der Waals surface area contributed by atoms with E-state index in [9.17, 15) is 0 Å². The van der Waals surface area contributed by atoms with Crippen molar-refractivity contribution in [2.24, 2.45) is 0 Å². The molecule has 1 heterocycles. The van der Waals surface area contributed by atoms with E-state index in [2.05, 4.69) is 42.6 Å². The van der Waals surface area contributed by atoms with Crippen molar-refractivity contribution in [3.05, 3.63) is 40.3 Å². The lowest BCUT2D eigenvalue weighted by Crippen LogP contribution is -2.00. The molecule has 1 aromatic heterocycles. The average Bonchev–Trinajstić information content (AvgIpc) is 2.81. The van der Waals surface area contributed by atoms with Gasteiger partial charge in [0.25, 0.3) is 0 Å². The van der Waals surface area contributed by atoms with Crippen LogP contribution in [0.2, 0.25) is 0 Å². The molecule has 0 aliphatic carbocycles. The monoisotopic (exact) mass is 287 g/mol. The van der Waals surface area contributed by atoms with Crippen molar-refractivity contribution in [1.29, 1.82) is 5.26 Å². The maximum absolute atomic E-state index is 8.99. The molecular weight excluding hydrogens is 270 g/mol. The molecule has 0 fully saturated rings. The van der Waals surface area contributed by atoms with Gasteiger partial charge >= 0.3 is 0 Å². The summed E-state index contributed by atoms with van der Waals surface area (Å²) in [6, 6.07) is 10.5. The van der Waals surface area contributed by atoms with Crippen LogP contribution in [-0.4, -0.2) is 7.11 Å². The van der Waals surface area contributed by atoms with Crippen LogP contribution in [0.1, 0.15) is 22.9 Å². The number of benzene rings is 1. The van der Waals surface area contributed by atoms with Crippen LogP contribution in [0.25, 0.3) is 0 Å². The highest BCUT2D eigenvalue weighted by Gasteiger charge is 2.16. The second-order valence-corrected chi connectivity index (χ2v) is 5.36. The summed E-state index contributed by atoms with van der Waals surface area (Å²) in [5.74, 6) is 0.553. The Labute approximate surface area is 122 Å². The van der Waals surface area contributed by atoms with E-state index in [1.54, 1.807) is 7.11 Å². The van der Waals surface area contributed by atoms with Crippen LogP contribution in [0.3, 0.4) is 0 Å². The van der Waals surface area contributed by atoms with Gasteiger partial charge in [-0.15, -0.1) is 11.3 Å². The first-order chi connectivity index (χ1) is 9.69. The number of anilines is 2. The van der Waals surface area contributed by atoms with E-state index < -0.39 is 0 Å². The first kappa shape index (κ1) is 14.2. The van der Waals surface area contributed by atoms with Crippen molar-refractivity contribution in [3.8, 4) is 11.8 Å². The molecule has 0 amide bonds. The maximum Gasteiger partial charge on any atom is 0.177 e. The minimum absolute atomic E-state index is 0.406. The lowest BCUT2D eigenvalue weighted by atomic mass is 10.1. The molecule has 0 atom stereocenters. The number of nitrogens with one attached hydrogen (secondary N) is 1. The van der Waals surface area contributed by atoms with Crippen LogP contribution in [-0.2, 0) is 13.0 Å². The summed E-state index contributed by atoms with van der Waals surface area (Å²) in [6.07, 6.45) is 1.04. The normalized spacial score (nSPS) is 10.1. The molecule has 0 radical (unpaired) electrons. The number of nitrogen functional groups attached to an aromatic ring is 1. The number of thiophene rings is 1. The van der Waals surface area contributed by atoms with Gasteiger partial charge in [0.05, 0.1) is 7.11 Å². The van der Waals surface area contributed by atoms with Gasteiger partial charge in [-0.1, -0.05) is 31.2 Å². The quantitative estimate of drug-likeness (QED) is 0.884. The molecule has 0 spiro atoms. The standard InChI is InChI=1S/C15H17N3OS/c1-3-10-4-6-11(7-5-10)9-18-15-14(19-2)13(17)12(8-16)20-15/h4-7,18H,3,9,17H2,1-2H3. The van der Waals surface area contributed by atoms with Crippen LogP contribution in [0.15, 0.2) is 24.3 Å². The Bertz CT molecular complexity index is 626. The van der Waals surface area contributed by atoms with Crippen molar-refractivity contribution >= 4 is 22.0 Å². The van der Waals surface area contributed by atoms with E-state index >= 15 is 0 Å². The molecule has 1 aromatic carbocycles. The SMILES string of the molecule is CCc1ccc(CNc2sc(C#N)c(N)c2OC)cc1. The Morgan fingerprint density at radius 3 is 2.50 bits per heavy atom. The zero-order valence-corrected chi connectivity index (χ0v) is 12.4. The van der Waals surface area contributed by atoms with Crippen molar-refractivity contribution in [1.82, 2.24) is 0 Å². The van der Waals surface area contributed by atoms with Gasteiger partial charge in [-0.25, -0.2) is 0 Å². The van der Waals surface area contributed by atoms with Gasteiger partial charge in [0.2, 0.25) is 0 Å². The first-order valence-corrected chi connectivity index (χ1v) is 7.19. The molecule has 2 rings (SSSR count). The summed E-state index contributed by atoms with van der Waals surface area (Å²) >= 11 is 1.32. The molecule has 5 heteroatoms. The smallest absolute Gasteiger partial charge is 0.177 e. The first-order valence-electron chi connectivity index (χ1n) is 6.37. The number of aryl methyl sites for hydroxylation is 1. The average molecular weight is 287 g/mol. The molecule has 2 aromatic rings. The van der Waals surface area contributed by atoms with E-state index in [0.717, 1.165) is 11.4 Å². The van der Waals surface area contributed by atoms with Crippen molar-refractivity contribution in [2.45, 2.75) is 19.9 Å². The highest BCUT2D eigenvalue weighted by molar-refractivity contribution is 7.17. The Morgan fingerprint density at radius 2 is 1.95 bits per heavy atom. The molecule has 0 bridgehead atoms. The Morgan fingerprint density at radius 1 is 1.30 bits per heavy atom. The van der Waals surface area contributed by atoms with Gasteiger partial charge in [-0.05, 0) is 17.5 Å². The van der Waals surface area contributed by atoms with Crippen molar-refractivity contribution < 1.29 is 4.74 Å². The Balaban J connectivity index is 2.12. The third-order valence-corrected chi connectivity index (χ3v) is 4.14. The third kappa shape index (κ3) is 2.86. The van der Waals surface area contributed by atoms with Gasteiger partial charge < -0.3 is 15.8 Å². The molecule has 104 valence electrons. The number of ether oxygens (including phenoxy) is 1. The Kier molecular flexibility index (Phi) is 4.49. The highest BCUT2D eigenvalue weighted by Crippen LogP contribution is 2.42. The summed E-state index contributed by atoms with van der Waals surface area (Å²) in [4.78, 5) is 0.477. The molecule has 0 aliphatic heterocycles. The van der Waals surface area contributed by atoms with Gasteiger partial charge in [-0.2, -0.15) is 5.26 Å². The number of nitrogens with two attached hydrogens (primary N) is 1. The number of nitrogens with zero attached hydrogens (tertiary/aromatic N) is 1. The molecule has 0 saturated heterocycles. The van der Waals surface area contributed by atoms with Gasteiger partial charge in [0.1, 0.15) is 21.6 Å². The lowest BCUT2D eigenvalue weighted by Gasteiger charge is -2.07. The van der Waals surface area contributed by atoms with E-state index in [4.69, 9.17) is 15.7 Å². The summed E-state index contributed by atoms with van der Waals surface area (Å²) in [7, 11) is 1.56. The van der Waals surface area contributed by atoms with Crippen LogP contribution in [0.4, 0.5) is 10.7 Å². The third-order valence-electron chi connectivity index (χ3n) is 3.09. The number of hydrogen-bond donors (Lipinski definition) is 2. The van der Waals surface area contributed by atoms with E-state index in [1.807, 2.05) is 0 Å². The van der Waals surface area contributed by atoms with Crippen LogP contribution in [0, 0.1) is 11.3 Å². The summed E-state index contributed by atoms with van der Waals surface area (Å²) in [5, 5.41) is 13.1.